The molecule has 0 N–H and O–H groups in total. The van der Waals surface area contributed by atoms with Crippen LogP contribution in [0.15, 0.2) is 66.7 Å². The molecule has 5 nitrogen and oxygen atoms in total. The monoisotopic (exact) mass is 396 g/mol. The summed E-state index contributed by atoms with van der Waals surface area (Å²) in [5, 5.41) is 0.294. The second-order valence-electron chi connectivity index (χ2n) is 5.92. The molecule has 3 aromatic carbocycles. The van der Waals surface area contributed by atoms with Crippen molar-refractivity contribution in [2.75, 3.05) is 7.11 Å². The fraction of sp³-hybridized carbons (Fsp3) is 0.0909. The minimum atomic E-state index is -0.603. The number of hydrogen-bond acceptors (Lipinski definition) is 5. The lowest BCUT2D eigenvalue weighted by molar-refractivity contribution is 0.0734. The minimum absolute atomic E-state index is 0.184. The molecule has 0 aliphatic rings. The number of rotatable bonds is 6. The average molecular weight is 397 g/mol. The maximum absolute atomic E-state index is 12.3. The fourth-order valence-electron chi connectivity index (χ4n) is 2.43. The van der Waals surface area contributed by atoms with Gasteiger partial charge in [0.25, 0.3) is 0 Å². The van der Waals surface area contributed by atoms with Crippen molar-refractivity contribution < 1.29 is 23.8 Å². The molecule has 0 aliphatic carbocycles. The van der Waals surface area contributed by atoms with Crippen LogP contribution >= 0.6 is 11.6 Å². The van der Waals surface area contributed by atoms with Gasteiger partial charge in [-0.1, -0.05) is 11.6 Å². The fourth-order valence-corrected chi connectivity index (χ4v) is 2.67. The normalized spacial score (nSPS) is 10.2. The third-order valence-electron chi connectivity index (χ3n) is 3.87. The summed E-state index contributed by atoms with van der Waals surface area (Å²) < 4.78 is 16.2. The van der Waals surface area contributed by atoms with Gasteiger partial charge in [-0.15, -0.1) is 0 Å². The number of hydrogen-bond donors (Lipinski definition) is 0. The Morgan fingerprint density at radius 2 is 1.25 bits per heavy atom. The first kappa shape index (κ1) is 19.5. The van der Waals surface area contributed by atoms with Gasteiger partial charge >= 0.3 is 5.97 Å². The zero-order valence-corrected chi connectivity index (χ0v) is 16.0. The summed E-state index contributed by atoms with van der Waals surface area (Å²) in [5.41, 5.74) is 0.555. The Hall–Kier alpha value is -3.31. The molecule has 0 radical (unpaired) electrons. The molecule has 142 valence electrons. The third-order valence-corrected chi connectivity index (χ3v) is 4.09. The molecule has 0 amide bonds. The van der Waals surface area contributed by atoms with Gasteiger partial charge in [-0.25, -0.2) is 4.79 Å². The Kier molecular flexibility index (Phi) is 5.96. The van der Waals surface area contributed by atoms with Crippen molar-refractivity contribution in [3.63, 3.8) is 0 Å². The van der Waals surface area contributed by atoms with Crippen molar-refractivity contribution in [2.45, 2.75) is 6.92 Å². The van der Waals surface area contributed by atoms with Crippen LogP contribution in [0.5, 0.6) is 23.0 Å². The highest BCUT2D eigenvalue weighted by molar-refractivity contribution is 6.31. The smallest absolute Gasteiger partial charge is 0.343 e. The van der Waals surface area contributed by atoms with Crippen LogP contribution in [0.25, 0.3) is 0 Å². The van der Waals surface area contributed by atoms with Gasteiger partial charge < -0.3 is 14.2 Å². The van der Waals surface area contributed by atoms with Crippen molar-refractivity contribution in [3.05, 3.63) is 82.9 Å². The van der Waals surface area contributed by atoms with Gasteiger partial charge in [0.05, 0.1) is 12.7 Å². The highest BCUT2D eigenvalue weighted by Crippen LogP contribution is 2.26. The number of ketones is 1. The van der Waals surface area contributed by atoms with Crippen molar-refractivity contribution >= 4 is 23.4 Å². The van der Waals surface area contributed by atoms with Gasteiger partial charge in [0.1, 0.15) is 23.0 Å². The van der Waals surface area contributed by atoms with E-state index < -0.39 is 5.97 Å². The van der Waals surface area contributed by atoms with Crippen LogP contribution in [-0.4, -0.2) is 18.9 Å². The van der Waals surface area contributed by atoms with Crippen LogP contribution in [0.4, 0.5) is 0 Å². The van der Waals surface area contributed by atoms with Gasteiger partial charge in [-0.2, -0.15) is 0 Å². The molecule has 0 fully saturated rings. The Bertz CT molecular complexity index is 994. The molecule has 0 atom stereocenters. The summed E-state index contributed by atoms with van der Waals surface area (Å²) in [6.45, 7) is 1.41. The number of halogens is 1. The number of methoxy groups -OCH3 is 1. The molecule has 0 spiro atoms. The predicted molar refractivity (Wildman–Crippen MR) is 106 cm³/mol. The number of benzene rings is 3. The van der Waals surface area contributed by atoms with E-state index in [9.17, 15) is 9.59 Å². The lowest BCUT2D eigenvalue weighted by Gasteiger charge is -2.09. The third kappa shape index (κ3) is 4.90. The molecule has 0 saturated carbocycles. The number of ether oxygens (including phenoxy) is 3. The predicted octanol–water partition coefficient (Wildman–Crippen LogP) is 5.56. The van der Waals surface area contributed by atoms with Crippen LogP contribution in [0, 0.1) is 0 Å². The van der Waals surface area contributed by atoms with Gasteiger partial charge in [0.2, 0.25) is 0 Å². The van der Waals surface area contributed by atoms with Crippen molar-refractivity contribution in [1.82, 2.24) is 0 Å². The minimum Gasteiger partial charge on any atom is -0.497 e. The summed E-state index contributed by atoms with van der Waals surface area (Å²) in [7, 11) is 1.60. The van der Waals surface area contributed by atoms with Crippen LogP contribution in [0.1, 0.15) is 27.6 Å². The van der Waals surface area contributed by atoms with Crippen LogP contribution in [0.3, 0.4) is 0 Å². The molecule has 0 saturated heterocycles. The van der Waals surface area contributed by atoms with E-state index in [2.05, 4.69) is 0 Å². The highest BCUT2D eigenvalue weighted by Gasteiger charge is 2.13. The second-order valence-corrected chi connectivity index (χ2v) is 6.36. The van der Waals surface area contributed by atoms with Crippen LogP contribution in [0.2, 0.25) is 5.02 Å². The molecule has 0 aliphatic heterocycles. The molecule has 28 heavy (non-hydrogen) atoms. The number of esters is 1. The molecule has 0 heterocycles. The van der Waals surface area contributed by atoms with E-state index in [1.165, 1.54) is 25.1 Å². The SMILES string of the molecule is COc1ccc(Oc2ccc(OC(=O)c3cc(Cl)cc(C(C)=O)c3)cc2)cc1. The summed E-state index contributed by atoms with van der Waals surface area (Å²) in [5.74, 6) is 1.54. The van der Waals surface area contributed by atoms with Gasteiger partial charge in [-0.3, -0.25) is 4.79 Å². The molecule has 0 bridgehead atoms. The molecule has 6 heteroatoms. The first-order valence-corrected chi connectivity index (χ1v) is 8.78. The second kappa shape index (κ2) is 8.59. The van der Waals surface area contributed by atoms with Gasteiger partial charge in [-0.05, 0) is 73.7 Å². The zero-order chi connectivity index (χ0) is 20.1. The number of carbonyl (C=O) groups excluding carboxylic acids is 2. The van der Waals surface area contributed by atoms with Crippen molar-refractivity contribution in [3.8, 4) is 23.0 Å². The van der Waals surface area contributed by atoms with Gasteiger partial charge in [0, 0.05) is 10.6 Å². The highest BCUT2D eigenvalue weighted by atomic mass is 35.5. The summed E-state index contributed by atoms with van der Waals surface area (Å²) in [6, 6.07) is 18.2. The molecule has 0 aromatic heterocycles. The molecule has 3 aromatic rings. The van der Waals surface area contributed by atoms with Crippen molar-refractivity contribution in [2.24, 2.45) is 0 Å². The first-order valence-electron chi connectivity index (χ1n) is 8.40. The molecular formula is C22H17ClO5. The average Bonchev–Trinajstić information content (AvgIpc) is 2.69. The standard InChI is InChI=1S/C22H17ClO5/c1-14(24)15-11-16(13-17(23)12-15)22(25)28-21-9-7-20(8-10-21)27-19-5-3-18(26-2)4-6-19/h3-13H,1-2H3. The van der Waals surface area contributed by atoms with Crippen LogP contribution < -0.4 is 14.2 Å². The molecular weight excluding hydrogens is 380 g/mol. The lowest BCUT2D eigenvalue weighted by atomic mass is 10.1. The van der Waals surface area contributed by atoms with E-state index in [0.717, 1.165) is 5.75 Å². The van der Waals surface area contributed by atoms with Gasteiger partial charge in [0.15, 0.2) is 5.78 Å². The van der Waals surface area contributed by atoms with E-state index in [1.54, 1.807) is 55.6 Å². The Labute approximate surface area is 167 Å². The largest absolute Gasteiger partial charge is 0.497 e. The van der Waals surface area contributed by atoms with E-state index >= 15 is 0 Å². The zero-order valence-electron chi connectivity index (χ0n) is 15.3. The Balaban J connectivity index is 1.68. The van der Waals surface area contributed by atoms with E-state index in [-0.39, 0.29) is 11.3 Å². The van der Waals surface area contributed by atoms with E-state index in [0.29, 0.717) is 27.8 Å². The Morgan fingerprint density at radius 1 is 0.750 bits per heavy atom. The van der Waals surface area contributed by atoms with Crippen LogP contribution in [-0.2, 0) is 0 Å². The number of carbonyl (C=O) groups is 2. The topological polar surface area (TPSA) is 61.8 Å². The molecule has 3 rings (SSSR count). The summed E-state index contributed by atoms with van der Waals surface area (Å²) >= 11 is 5.97. The first-order chi connectivity index (χ1) is 13.4. The quantitative estimate of drug-likeness (QED) is 0.310. The van der Waals surface area contributed by atoms with Crippen molar-refractivity contribution in [1.29, 1.82) is 0 Å². The maximum atomic E-state index is 12.3. The molecule has 0 unspecified atom stereocenters. The van der Waals surface area contributed by atoms with E-state index in [1.807, 2.05) is 0 Å². The Morgan fingerprint density at radius 3 is 1.79 bits per heavy atom. The number of Topliss-reactive ketones (excluding diaryl/α,β-unsaturated/α-hetero) is 1. The lowest BCUT2D eigenvalue weighted by Crippen LogP contribution is -2.09. The van der Waals surface area contributed by atoms with E-state index in [4.69, 9.17) is 25.8 Å². The summed E-state index contributed by atoms with van der Waals surface area (Å²) in [6.07, 6.45) is 0. The maximum Gasteiger partial charge on any atom is 0.343 e. The summed E-state index contributed by atoms with van der Waals surface area (Å²) in [4.78, 5) is 23.9.